The third kappa shape index (κ3) is 3.49. The van der Waals surface area contributed by atoms with E-state index in [1.807, 2.05) is 4.90 Å². The highest BCUT2D eigenvalue weighted by molar-refractivity contribution is 5.86. The van der Waals surface area contributed by atoms with Crippen LogP contribution in [0.15, 0.2) is 21.6 Å². The van der Waals surface area contributed by atoms with Gasteiger partial charge in [-0.05, 0) is 18.1 Å². The van der Waals surface area contributed by atoms with Gasteiger partial charge in [-0.2, -0.15) is 0 Å². The molecule has 0 saturated carbocycles. The van der Waals surface area contributed by atoms with Gasteiger partial charge in [-0.1, -0.05) is 5.16 Å². The Kier molecular flexibility index (Phi) is 5.16. The van der Waals surface area contributed by atoms with Crippen LogP contribution >= 0.6 is 0 Å². The number of nitro groups is 1. The lowest BCUT2D eigenvalue weighted by molar-refractivity contribution is -0.900. The molecule has 3 aromatic rings. The third-order valence-electron chi connectivity index (χ3n) is 5.68. The zero-order valence-corrected chi connectivity index (χ0v) is 17.1. The molecule has 0 bridgehead atoms. The molecule has 1 aliphatic heterocycles. The number of anilines is 1. The van der Waals surface area contributed by atoms with Crippen molar-refractivity contribution >= 4 is 22.4 Å². The first kappa shape index (κ1) is 19.9. The quantitative estimate of drug-likeness (QED) is 0.410. The van der Waals surface area contributed by atoms with Crippen LogP contribution in [0, 0.1) is 17.0 Å². The molecule has 0 spiro atoms. The fourth-order valence-corrected chi connectivity index (χ4v) is 3.88. The lowest BCUT2D eigenvalue weighted by Gasteiger charge is -2.33. The average molecular weight is 418 g/mol. The number of nitrogens with one attached hydrogen (secondary N) is 1. The normalized spacial score (nSPS) is 15.1. The minimum absolute atomic E-state index is 0.0180. The van der Waals surface area contributed by atoms with Crippen LogP contribution < -0.4 is 20.2 Å². The van der Waals surface area contributed by atoms with E-state index in [4.69, 9.17) is 4.74 Å². The predicted molar refractivity (Wildman–Crippen MR) is 107 cm³/mol. The third-order valence-corrected chi connectivity index (χ3v) is 5.68. The number of benzene rings is 1. The number of fused-ring (bicyclic) bond motifs is 1. The van der Waals surface area contributed by atoms with E-state index in [0.29, 0.717) is 48.0 Å². The monoisotopic (exact) mass is 418 g/mol. The molecule has 0 amide bonds. The number of aryl methyl sites for hydroxylation is 3. The molecule has 160 valence electrons. The Balaban J connectivity index is 1.46. The first-order chi connectivity index (χ1) is 14.4. The Morgan fingerprint density at radius 3 is 2.47 bits per heavy atom. The van der Waals surface area contributed by atoms with Crippen LogP contribution in [0.5, 0.6) is 5.88 Å². The van der Waals surface area contributed by atoms with Gasteiger partial charge in [0.2, 0.25) is 0 Å². The molecule has 4 rings (SSSR count). The first-order valence-electron chi connectivity index (χ1n) is 9.71. The Hall–Kier alpha value is -3.41. The van der Waals surface area contributed by atoms with Gasteiger partial charge in [-0.3, -0.25) is 19.2 Å². The van der Waals surface area contributed by atoms with Crippen LogP contribution in [0.4, 0.5) is 11.4 Å². The van der Waals surface area contributed by atoms with Crippen LogP contribution in [0.25, 0.3) is 11.0 Å². The van der Waals surface area contributed by atoms with E-state index in [0.717, 1.165) is 19.6 Å². The summed E-state index contributed by atoms with van der Waals surface area (Å²) in [6, 6.07) is 3.25. The molecule has 30 heavy (non-hydrogen) atoms. The van der Waals surface area contributed by atoms with Crippen LogP contribution in [-0.4, -0.2) is 63.7 Å². The molecule has 12 nitrogen and oxygen atoms in total. The number of quaternary nitrogens is 1. The summed E-state index contributed by atoms with van der Waals surface area (Å²) >= 11 is 0. The van der Waals surface area contributed by atoms with E-state index in [2.05, 4.69) is 14.9 Å². The smallest absolute Gasteiger partial charge is 0.328 e. The van der Waals surface area contributed by atoms with Crippen LogP contribution in [-0.2, 0) is 14.1 Å². The standard InChI is InChI=1S/C18H23N7O5/c1-12-17(20-30-19-12)29-9-8-23-4-6-24(7-5-23)15-10-13-14(11-16(15)25(27)28)22(3)18(26)21(13)2/h10-11H,4-9H2,1-3H3/p+1. The Morgan fingerprint density at radius 1 is 1.20 bits per heavy atom. The van der Waals surface area contributed by atoms with Crippen LogP contribution in [0.1, 0.15) is 5.69 Å². The number of nitrogens with zero attached hydrogens (tertiary/aromatic N) is 6. The molecule has 1 aromatic carbocycles. The molecule has 1 N–H and O–H groups in total. The molecule has 1 saturated heterocycles. The number of piperazine rings is 1. The summed E-state index contributed by atoms with van der Waals surface area (Å²) in [7, 11) is 3.29. The number of hydrogen-bond donors (Lipinski definition) is 1. The number of rotatable bonds is 6. The summed E-state index contributed by atoms with van der Waals surface area (Å²) in [4.78, 5) is 26.9. The molecular formula is C18H24N7O5+. The summed E-state index contributed by atoms with van der Waals surface area (Å²) in [5, 5.41) is 19.1. The zero-order valence-electron chi connectivity index (χ0n) is 17.1. The van der Waals surface area contributed by atoms with Crippen molar-refractivity contribution in [2.75, 3.05) is 44.2 Å². The van der Waals surface area contributed by atoms with Gasteiger partial charge in [0.15, 0.2) is 0 Å². The van der Waals surface area contributed by atoms with Crippen LogP contribution in [0.2, 0.25) is 0 Å². The molecule has 1 fully saturated rings. The van der Waals surface area contributed by atoms with Gasteiger partial charge in [-0.15, -0.1) is 0 Å². The minimum atomic E-state index is -0.381. The second kappa shape index (κ2) is 7.78. The fourth-order valence-electron chi connectivity index (χ4n) is 3.88. The van der Waals surface area contributed by atoms with Gasteiger partial charge in [-0.25, -0.2) is 9.42 Å². The van der Waals surface area contributed by atoms with Gasteiger partial charge in [0.25, 0.3) is 11.6 Å². The van der Waals surface area contributed by atoms with Crippen molar-refractivity contribution in [1.29, 1.82) is 0 Å². The highest BCUT2D eigenvalue weighted by Crippen LogP contribution is 2.32. The van der Waals surface area contributed by atoms with Crippen LogP contribution in [0.3, 0.4) is 0 Å². The number of nitro benzene ring substituents is 1. The van der Waals surface area contributed by atoms with E-state index < -0.39 is 0 Å². The van der Waals surface area contributed by atoms with Crippen molar-refractivity contribution in [3.8, 4) is 5.88 Å². The van der Waals surface area contributed by atoms with Crippen molar-refractivity contribution in [2.24, 2.45) is 14.1 Å². The molecule has 0 unspecified atom stereocenters. The zero-order chi connectivity index (χ0) is 21.4. The van der Waals surface area contributed by atoms with Crippen molar-refractivity contribution < 1.29 is 19.2 Å². The summed E-state index contributed by atoms with van der Waals surface area (Å²) in [5.74, 6) is 0.408. The average Bonchev–Trinajstić information content (AvgIpc) is 3.24. The number of hydrogen-bond acceptors (Lipinski definition) is 8. The van der Waals surface area contributed by atoms with E-state index in [1.54, 1.807) is 27.1 Å². The second-order valence-corrected chi connectivity index (χ2v) is 7.48. The van der Waals surface area contributed by atoms with Crippen molar-refractivity contribution in [2.45, 2.75) is 6.92 Å². The predicted octanol–water partition coefficient (Wildman–Crippen LogP) is -0.739. The van der Waals surface area contributed by atoms with Gasteiger partial charge in [0.05, 0.1) is 42.1 Å². The van der Waals surface area contributed by atoms with E-state index in [-0.39, 0.29) is 16.3 Å². The van der Waals surface area contributed by atoms with E-state index in [9.17, 15) is 14.9 Å². The number of aromatic nitrogens is 4. The highest BCUT2D eigenvalue weighted by atomic mass is 16.6. The van der Waals surface area contributed by atoms with Gasteiger partial charge in [0, 0.05) is 20.2 Å². The number of ether oxygens (including phenoxy) is 1. The molecule has 1 aliphatic rings. The fraction of sp³-hybridized carbons (Fsp3) is 0.500. The number of imidazole rings is 1. The molecule has 3 heterocycles. The summed E-state index contributed by atoms with van der Waals surface area (Å²) in [6.45, 7) is 6.03. The van der Waals surface area contributed by atoms with E-state index >= 15 is 0 Å². The van der Waals surface area contributed by atoms with Crippen molar-refractivity contribution in [3.63, 3.8) is 0 Å². The summed E-state index contributed by atoms with van der Waals surface area (Å²) < 4.78 is 13.2. The van der Waals surface area contributed by atoms with Crippen molar-refractivity contribution in [3.05, 3.63) is 38.4 Å². The van der Waals surface area contributed by atoms with Gasteiger partial charge >= 0.3 is 5.69 Å². The van der Waals surface area contributed by atoms with Gasteiger partial charge < -0.3 is 14.5 Å². The molecule has 0 atom stereocenters. The lowest BCUT2D eigenvalue weighted by atomic mass is 10.2. The maximum Gasteiger partial charge on any atom is 0.328 e. The maximum atomic E-state index is 12.2. The molecule has 0 aliphatic carbocycles. The van der Waals surface area contributed by atoms with Crippen molar-refractivity contribution in [1.82, 2.24) is 19.4 Å². The van der Waals surface area contributed by atoms with Gasteiger partial charge in [0.1, 0.15) is 24.5 Å². The maximum absolute atomic E-state index is 12.2. The minimum Gasteiger partial charge on any atom is -0.468 e. The Morgan fingerprint density at radius 2 is 1.87 bits per heavy atom. The Labute approximate surface area is 171 Å². The summed E-state index contributed by atoms with van der Waals surface area (Å²) in [6.07, 6.45) is 0. The second-order valence-electron chi connectivity index (χ2n) is 7.48. The largest absolute Gasteiger partial charge is 0.468 e. The molecule has 2 aromatic heterocycles. The topological polar surface area (TPSA) is 126 Å². The highest BCUT2D eigenvalue weighted by Gasteiger charge is 2.27. The lowest BCUT2D eigenvalue weighted by Crippen LogP contribution is -3.15. The van der Waals surface area contributed by atoms with E-state index in [1.165, 1.54) is 20.1 Å². The first-order valence-corrected chi connectivity index (χ1v) is 9.71. The molecule has 12 heteroatoms. The summed E-state index contributed by atoms with van der Waals surface area (Å²) in [5.41, 5.74) is 2.22. The SMILES string of the molecule is Cc1nonc1OCC[NH+]1CCN(c2cc3c(cc2[N+](=O)[O-])n(C)c(=O)n3C)CC1. The Bertz CT molecular complexity index is 1140. The molecular weight excluding hydrogens is 394 g/mol. The molecule has 0 radical (unpaired) electrons.